The van der Waals surface area contributed by atoms with E-state index in [2.05, 4.69) is 14.7 Å². The lowest BCUT2D eigenvalue weighted by Crippen LogP contribution is -2.47. The van der Waals surface area contributed by atoms with Crippen LogP contribution >= 0.6 is 0 Å². The second-order valence-electron chi connectivity index (χ2n) is 9.28. The number of nitrogens with one attached hydrogen (secondary N) is 1. The predicted octanol–water partition coefficient (Wildman–Crippen LogP) is 5.10. The predicted molar refractivity (Wildman–Crippen MR) is 132 cm³/mol. The van der Waals surface area contributed by atoms with Gasteiger partial charge < -0.3 is 10.0 Å². The summed E-state index contributed by atoms with van der Waals surface area (Å²) in [5.74, 6) is -1.92. The molecule has 202 valence electrons. The molecule has 0 bridgehead atoms. The molecule has 0 saturated heterocycles. The molecular formula is C25H24F4N4O4S. The van der Waals surface area contributed by atoms with Gasteiger partial charge in [-0.05, 0) is 61.7 Å². The Bertz CT molecular complexity index is 1490. The van der Waals surface area contributed by atoms with E-state index in [9.17, 15) is 35.9 Å². The maximum Gasteiger partial charge on any atom is 0.418 e. The Morgan fingerprint density at radius 1 is 1.13 bits per heavy atom. The van der Waals surface area contributed by atoms with E-state index in [1.54, 1.807) is 11.9 Å². The van der Waals surface area contributed by atoms with Gasteiger partial charge in [0.2, 0.25) is 0 Å². The van der Waals surface area contributed by atoms with Crippen LogP contribution in [0.25, 0.3) is 11.3 Å². The van der Waals surface area contributed by atoms with Gasteiger partial charge in [-0.2, -0.15) is 21.6 Å². The Labute approximate surface area is 216 Å². The first-order chi connectivity index (χ1) is 17.7. The first-order valence-electron chi connectivity index (χ1n) is 11.5. The zero-order chi connectivity index (χ0) is 27.9. The molecule has 0 spiro atoms. The van der Waals surface area contributed by atoms with Crippen molar-refractivity contribution in [1.82, 2.24) is 9.97 Å². The number of hydrogen-bond acceptors (Lipinski definition) is 6. The summed E-state index contributed by atoms with van der Waals surface area (Å²) < 4.78 is 83.2. The van der Waals surface area contributed by atoms with Crippen molar-refractivity contribution in [2.24, 2.45) is 5.41 Å². The average molecular weight is 553 g/mol. The van der Waals surface area contributed by atoms with E-state index in [0.717, 1.165) is 24.6 Å². The number of carboxylic acid groups (broad SMARTS) is 1. The van der Waals surface area contributed by atoms with Gasteiger partial charge in [-0.15, -0.1) is 0 Å². The van der Waals surface area contributed by atoms with Crippen LogP contribution in [0, 0.1) is 18.2 Å². The van der Waals surface area contributed by atoms with E-state index in [0.29, 0.717) is 24.5 Å². The van der Waals surface area contributed by atoms with E-state index in [-0.39, 0.29) is 17.9 Å². The molecule has 1 aromatic carbocycles. The van der Waals surface area contributed by atoms with Crippen LogP contribution < -0.4 is 9.62 Å². The van der Waals surface area contributed by atoms with E-state index < -0.39 is 55.5 Å². The second-order valence-corrected chi connectivity index (χ2v) is 10.9. The summed E-state index contributed by atoms with van der Waals surface area (Å²) in [6, 6.07) is 8.96. The molecule has 1 aliphatic rings. The van der Waals surface area contributed by atoms with Crippen molar-refractivity contribution < 1.29 is 35.9 Å². The van der Waals surface area contributed by atoms with Gasteiger partial charge in [-0.25, -0.2) is 14.4 Å². The maximum atomic E-state index is 13.9. The molecule has 0 amide bonds. The monoisotopic (exact) mass is 552 g/mol. The van der Waals surface area contributed by atoms with Gasteiger partial charge in [0.1, 0.15) is 17.5 Å². The molecule has 1 fully saturated rings. The lowest BCUT2D eigenvalue weighted by Gasteiger charge is -2.40. The minimum absolute atomic E-state index is 0.128. The standard InChI is InChI=1S/C25H24F4N4O4S/c1-15-7-8-16(26)13-17(15)22-18(25(27,28)29)9-10-19(30-22)32-38(36,37)21-6-3-5-20(31-21)33(2)14-24(23(34)35)11-4-12-24/h3,5-10,13H,4,11-12,14H2,1-2H3,(H,30,32)(H,34,35). The number of rotatable bonds is 8. The van der Waals surface area contributed by atoms with Crippen molar-refractivity contribution in [3.05, 3.63) is 65.5 Å². The zero-order valence-electron chi connectivity index (χ0n) is 20.4. The number of hydrogen-bond donors (Lipinski definition) is 2. The van der Waals surface area contributed by atoms with Crippen LogP contribution in [0.15, 0.2) is 53.6 Å². The largest absolute Gasteiger partial charge is 0.481 e. The summed E-state index contributed by atoms with van der Waals surface area (Å²) in [6.45, 7) is 1.61. The number of halogens is 4. The van der Waals surface area contributed by atoms with Crippen molar-refractivity contribution in [3.63, 3.8) is 0 Å². The number of anilines is 2. The first-order valence-corrected chi connectivity index (χ1v) is 13.0. The van der Waals surface area contributed by atoms with Crippen LogP contribution in [-0.2, 0) is 21.0 Å². The highest BCUT2D eigenvalue weighted by molar-refractivity contribution is 7.92. The molecule has 0 unspecified atom stereocenters. The fraction of sp³-hybridized carbons (Fsp3) is 0.320. The number of aromatic nitrogens is 2. The molecular weight excluding hydrogens is 528 g/mol. The van der Waals surface area contributed by atoms with E-state index in [4.69, 9.17) is 0 Å². The second kappa shape index (κ2) is 9.86. The molecule has 1 saturated carbocycles. The zero-order valence-corrected chi connectivity index (χ0v) is 21.2. The van der Waals surface area contributed by atoms with Crippen LogP contribution in [0.2, 0.25) is 0 Å². The summed E-state index contributed by atoms with van der Waals surface area (Å²) >= 11 is 0. The topological polar surface area (TPSA) is 112 Å². The summed E-state index contributed by atoms with van der Waals surface area (Å²) in [7, 11) is -2.81. The van der Waals surface area contributed by atoms with Gasteiger partial charge >= 0.3 is 12.1 Å². The maximum absolute atomic E-state index is 13.9. The minimum atomic E-state index is -4.83. The Kier molecular flexibility index (Phi) is 7.08. The quantitative estimate of drug-likeness (QED) is 0.374. The lowest BCUT2D eigenvalue weighted by molar-refractivity contribution is -0.153. The molecule has 0 radical (unpaired) electrons. The molecule has 2 heterocycles. The third kappa shape index (κ3) is 5.42. The van der Waals surface area contributed by atoms with Gasteiger partial charge in [0.05, 0.1) is 16.7 Å². The van der Waals surface area contributed by atoms with Crippen LogP contribution in [0.5, 0.6) is 0 Å². The summed E-state index contributed by atoms with van der Waals surface area (Å²) in [4.78, 5) is 21.3. The number of sulfonamides is 1. The Morgan fingerprint density at radius 3 is 2.45 bits per heavy atom. The van der Waals surface area contributed by atoms with E-state index >= 15 is 0 Å². The molecule has 1 aliphatic carbocycles. The van der Waals surface area contributed by atoms with Crippen LogP contribution in [-0.4, -0.2) is 43.1 Å². The number of benzene rings is 1. The summed E-state index contributed by atoms with van der Waals surface area (Å²) in [5.41, 5.74) is -2.54. The highest BCUT2D eigenvalue weighted by atomic mass is 32.2. The smallest absolute Gasteiger partial charge is 0.418 e. The highest BCUT2D eigenvalue weighted by Crippen LogP contribution is 2.42. The molecule has 38 heavy (non-hydrogen) atoms. The number of carbonyl (C=O) groups is 1. The van der Waals surface area contributed by atoms with E-state index in [1.807, 2.05) is 0 Å². The van der Waals surface area contributed by atoms with Gasteiger partial charge in [-0.1, -0.05) is 18.6 Å². The first kappa shape index (κ1) is 27.3. The third-order valence-electron chi connectivity index (χ3n) is 6.57. The highest BCUT2D eigenvalue weighted by Gasteiger charge is 2.45. The lowest BCUT2D eigenvalue weighted by atomic mass is 9.68. The number of nitrogens with zero attached hydrogens (tertiary/aromatic N) is 3. The van der Waals surface area contributed by atoms with Gasteiger partial charge in [0.15, 0.2) is 5.03 Å². The Morgan fingerprint density at radius 2 is 1.84 bits per heavy atom. The fourth-order valence-electron chi connectivity index (χ4n) is 4.33. The van der Waals surface area contributed by atoms with Crippen molar-refractivity contribution in [3.8, 4) is 11.3 Å². The van der Waals surface area contributed by atoms with Crippen LogP contribution in [0.3, 0.4) is 0 Å². The fourth-order valence-corrected chi connectivity index (χ4v) is 5.30. The van der Waals surface area contributed by atoms with Crippen LogP contribution in [0.1, 0.15) is 30.4 Å². The van der Waals surface area contributed by atoms with Crippen molar-refractivity contribution in [2.45, 2.75) is 37.4 Å². The number of pyridine rings is 2. The molecule has 0 atom stereocenters. The van der Waals surface area contributed by atoms with Gasteiger partial charge in [0, 0.05) is 19.2 Å². The number of alkyl halides is 3. The molecule has 0 aliphatic heterocycles. The molecule has 3 aromatic rings. The number of aliphatic carboxylic acids is 1. The summed E-state index contributed by atoms with van der Waals surface area (Å²) in [6.07, 6.45) is -3.05. The average Bonchev–Trinajstić information content (AvgIpc) is 2.81. The summed E-state index contributed by atoms with van der Waals surface area (Å²) in [5, 5.41) is 9.14. The Hall–Kier alpha value is -3.74. The minimum Gasteiger partial charge on any atom is -0.481 e. The normalized spacial score (nSPS) is 15.0. The van der Waals surface area contributed by atoms with Crippen molar-refractivity contribution in [2.75, 3.05) is 23.2 Å². The molecule has 2 aromatic heterocycles. The van der Waals surface area contributed by atoms with E-state index in [1.165, 1.54) is 31.2 Å². The third-order valence-corrected chi connectivity index (χ3v) is 7.83. The van der Waals surface area contributed by atoms with Crippen molar-refractivity contribution >= 4 is 27.6 Å². The molecule has 13 heteroatoms. The number of aryl methyl sites for hydroxylation is 1. The molecule has 8 nitrogen and oxygen atoms in total. The van der Waals surface area contributed by atoms with Gasteiger partial charge in [-0.3, -0.25) is 9.52 Å². The number of carboxylic acids is 1. The molecule has 2 N–H and O–H groups in total. The van der Waals surface area contributed by atoms with Crippen LogP contribution in [0.4, 0.5) is 29.2 Å². The van der Waals surface area contributed by atoms with Crippen molar-refractivity contribution in [1.29, 1.82) is 0 Å². The molecule has 4 rings (SSSR count). The van der Waals surface area contributed by atoms with Gasteiger partial charge in [0.25, 0.3) is 10.0 Å². The Balaban J connectivity index is 1.66. The SMILES string of the molecule is Cc1ccc(F)cc1-c1nc(NS(=O)(=O)c2cccc(N(C)CC3(C(=O)O)CCC3)n2)ccc1C(F)(F)F.